The van der Waals surface area contributed by atoms with Crippen LogP contribution < -0.4 is 15.4 Å². The summed E-state index contributed by atoms with van der Waals surface area (Å²) in [7, 11) is 7.42. The molecule has 0 aliphatic carbocycles. The molecule has 0 amide bonds. The fraction of sp³-hybridized carbons (Fsp3) is 0.350. The SMILES string of the molecule is COC(=O)c1sc2nc(C[NH+](C)Cc3ccc(N(C)C)cc3)[nH]c(=O)c2c1C. The van der Waals surface area contributed by atoms with Gasteiger partial charge in [0.2, 0.25) is 0 Å². The number of hydrogen-bond acceptors (Lipinski definition) is 6. The minimum absolute atomic E-state index is 0.216. The lowest BCUT2D eigenvalue weighted by molar-refractivity contribution is -0.908. The lowest BCUT2D eigenvalue weighted by atomic mass is 10.2. The molecule has 1 atom stereocenters. The second-order valence-electron chi connectivity index (χ2n) is 7.11. The molecule has 2 aromatic heterocycles. The molecule has 3 rings (SSSR count). The van der Waals surface area contributed by atoms with Crippen molar-refractivity contribution in [2.75, 3.05) is 33.2 Å². The van der Waals surface area contributed by atoms with Gasteiger partial charge in [-0.2, -0.15) is 0 Å². The number of thiophene rings is 1. The molecule has 28 heavy (non-hydrogen) atoms. The number of aromatic nitrogens is 2. The first-order valence-corrected chi connectivity index (χ1v) is 9.80. The Morgan fingerprint density at radius 3 is 2.54 bits per heavy atom. The molecule has 3 aromatic rings. The van der Waals surface area contributed by atoms with Gasteiger partial charge < -0.3 is 19.5 Å². The number of ether oxygens (including phenoxy) is 1. The van der Waals surface area contributed by atoms with Gasteiger partial charge in [-0.05, 0) is 24.6 Å². The van der Waals surface area contributed by atoms with Gasteiger partial charge >= 0.3 is 5.97 Å². The summed E-state index contributed by atoms with van der Waals surface area (Å²) in [4.78, 5) is 36.1. The Bertz CT molecular complexity index is 1050. The van der Waals surface area contributed by atoms with E-state index in [9.17, 15) is 9.59 Å². The second-order valence-corrected chi connectivity index (χ2v) is 8.11. The molecule has 0 saturated carbocycles. The molecule has 8 heteroatoms. The van der Waals surface area contributed by atoms with E-state index in [1.54, 1.807) is 6.92 Å². The molecule has 7 nitrogen and oxygen atoms in total. The van der Waals surface area contributed by atoms with Crippen LogP contribution in [0.25, 0.3) is 10.2 Å². The molecule has 1 unspecified atom stereocenters. The maximum Gasteiger partial charge on any atom is 0.348 e. The number of anilines is 1. The first-order valence-electron chi connectivity index (χ1n) is 8.98. The van der Waals surface area contributed by atoms with Crippen LogP contribution in [0.2, 0.25) is 0 Å². The summed E-state index contributed by atoms with van der Waals surface area (Å²) in [5.41, 5.74) is 2.78. The van der Waals surface area contributed by atoms with Crippen molar-refractivity contribution in [3.63, 3.8) is 0 Å². The highest BCUT2D eigenvalue weighted by Crippen LogP contribution is 2.27. The highest BCUT2D eigenvalue weighted by Gasteiger charge is 2.20. The average Bonchev–Trinajstić information content (AvgIpc) is 2.98. The van der Waals surface area contributed by atoms with Gasteiger partial charge in [0, 0.05) is 25.3 Å². The Labute approximate surface area is 167 Å². The first-order chi connectivity index (χ1) is 13.3. The lowest BCUT2D eigenvalue weighted by Crippen LogP contribution is -3.06. The number of benzene rings is 1. The number of esters is 1. The number of methoxy groups -OCH3 is 1. The third-order valence-corrected chi connectivity index (χ3v) is 5.81. The van der Waals surface area contributed by atoms with Crippen LogP contribution in [0.4, 0.5) is 5.69 Å². The third kappa shape index (κ3) is 4.07. The first kappa shape index (κ1) is 20.0. The van der Waals surface area contributed by atoms with E-state index in [1.165, 1.54) is 28.9 Å². The van der Waals surface area contributed by atoms with Crippen molar-refractivity contribution in [3.8, 4) is 0 Å². The van der Waals surface area contributed by atoms with Crippen molar-refractivity contribution in [2.24, 2.45) is 0 Å². The summed E-state index contributed by atoms with van der Waals surface area (Å²) in [5, 5.41) is 0.464. The number of nitrogens with zero attached hydrogens (tertiary/aromatic N) is 2. The predicted octanol–water partition coefficient (Wildman–Crippen LogP) is 1.36. The zero-order chi connectivity index (χ0) is 20.4. The molecular weight excluding hydrogens is 376 g/mol. The monoisotopic (exact) mass is 401 g/mol. The highest BCUT2D eigenvalue weighted by molar-refractivity contribution is 7.20. The van der Waals surface area contributed by atoms with E-state index in [1.807, 2.05) is 14.1 Å². The van der Waals surface area contributed by atoms with E-state index >= 15 is 0 Å². The van der Waals surface area contributed by atoms with Crippen molar-refractivity contribution in [1.29, 1.82) is 0 Å². The quantitative estimate of drug-likeness (QED) is 0.610. The van der Waals surface area contributed by atoms with E-state index in [-0.39, 0.29) is 5.56 Å². The molecule has 0 bridgehead atoms. The van der Waals surface area contributed by atoms with Crippen molar-refractivity contribution < 1.29 is 14.4 Å². The van der Waals surface area contributed by atoms with Crippen molar-refractivity contribution >= 4 is 33.2 Å². The Kier molecular flexibility index (Phi) is 5.81. The number of nitrogens with one attached hydrogen (secondary N) is 2. The van der Waals surface area contributed by atoms with Gasteiger partial charge in [-0.3, -0.25) is 4.79 Å². The summed E-state index contributed by atoms with van der Waals surface area (Å²) in [6.07, 6.45) is 0. The number of aromatic amines is 1. The van der Waals surface area contributed by atoms with Crippen LogP contribution in [0, 0.1) is 6.92 Å². The standard InChI is InChI=1S/C20H24N4O3S/c1-12-16-18(25)21-15(22-19(16)28-17(12)20(26)27-5)11-24(4)10-13-6-8-14(9-7-13)23(2)3/h6-9H,10-11H2,1-5H3,(H,21,22,25)/p+1. The Morgan fingerprint density at radius 1 is 1.25 bits per heavy atom. The molecule has 0 spiro atoms. The lowest BCUT2D eigenvalue weighted by Gasteiger charge is -2.15. The van der Waals surface area contributed by atoms with Crippen LogP contribution >= 0.6 is 11.3 Å². The number of carbonyl (C=O) groups excluding carboxylic acids is 1. The summed E-state index contributed by atoms with van der Waals surface area (Å²) >= 11 is 1.20. The van der Waals surface area contributed by atoms with Gasteiger partial charge in [-0.1, -0.05) is 12.1 Å². The second kappa shape index (κ2) is 8.12. The van der Waals surface area contributed by atoms with E-state index in [4.69, 9.17) is 4.74 Å². The largest absolute Gasteiger partial charge is 0.465 e. The number of hydrogen-bond donors (Lipinski definition) is 2. The van der Waals surface area contributed by atoms with Crippen molar-refractivity contribution in [2.45, 2.75) is 20.0 Å². The Hall–Kier alpha value is -2.71. The van der Waals surface area contributed by atoms with Crippen LogP contribution in [-0.4, -0.2) is 44.2 Å². The molecule has 1 aromatic carbocycles. The maximum absolute atomic E-state index is 12.5. The van der Waals surface area contributed by atoms with Crippen LogP contribution in [0.15, 0.2) is 29.1 Å². The summed E-state index contributed by atoms with van der Waals surface area (Å²) in [5.74, 6) is 0.169. The van der Waals surface area contributed by atoms with Crippen LogP contribution in [0.5, 0.6) is 0 Å². The van der Waals surface area contributed by atoms with E-state index in [2.05, 4.69) is 46.2 Å². The van der Waals surface area contributed by atoms with Crippen LogP contribution in [0.1, 0.15) is 26.6 Å². The van der Waals surface area contributed by atoms with Gasteiger partial charge in [-0.15, -0.1) is 11.3 Å². The predicted molar refractivity (Wildman–Crippen MR) is 111 cm³/mol. The molecule has 2 heterocycles. The average molecular weight is 402 g/mol. The summed E-state index contributed by atoms with van der Waals surface area (Å²) < 4.78 is 4.80. The van der Waals surface area contributed by atoms with Gasteiger partial charge in [0.25, 0.3) is 5.56 Å². The number of H-pyrrole nitrogens is 1. The van der Waals surface area contributed by atoms with E-state index in [0.29, 0.717) is 33.0 Å². The molecule has 0 fully saturated rings. The van der Waals surface area contributed by atoms with E-state index in [0.717, 1.165) is 12.2 Å². The number of rotatable bonds is 6. The zero-order valence-corrected chi connectivity index (χ0v) is 17.6. The van der Waals surface area contributed by atoms with Gasteiger partial charge in [-0.25, -0.2) is 9.78 Å². The number of aryl methyl sites for hydroxylation is 1. The molecular formula is C20H25N4O3S+. The number of fused-ring (bicyclic) bond motifs is 1. The normalized spacial score (nSPS) is 12.2. The van der Waals surface area contributed by atoms with Gasteiger partial charge in [0.05, 0.1) is 19.5 Å². The molecule has 0 radical (unpaired) electrons. The fourth-order valence-electron chi connectivity index (χ4n) is 3.17. The molecule has 0 aliphatic heterocycles. The minimum Gasteiger partial charge on any atom is -0.465 e. The summed E-state index contributed by atoms with van der Waals surface area (Å²) in [6.45, 7) is 3.13. The maximum atomic E-state index is 12.5. The van der Waals surface area contributed by atoms with E-state index < -0.39 is 5.97 Å². The molecule has 148 valence electrons. The Morgan fingerprint density at radius 2 is 1.93 bits per heavy atom. The Balaban J connectivity index is 1.80. The third-order valence-electron chi connectivity index (χ3n) is 4.65. The summed E-state index contributed by atoms with van der Waals surface area (Å²) in [6, 6.07) is 8.42. The number of quaternary nitrogens is 1. The topological polar surface area (TPSA) is 79.7 Å². The van der Waals surface area contributed by atoms with Gasteiger partial charge in [0.1, 0.15) is 22.8 Å². The van der Waals surface area contributed by atoms with Crippen LogP contribution in [0.3, 0.4) is 0 Å². The molecule has 0 saturated heterocycles. The molecule has 0 aliphatic rings. The minimum atomic E-state index is -0.439. The smallest absolute Gasteiger partial charge is 0.348 e. The van der Waals surface area contributed by atoms with Crippen LogP contribution in [-0.2, 0) is 17.8 Å². The fourth-order valence-corrected chi connectivity index (χ4v) is 4.29. The van der Waals surface area contributed by atoms with Crippen molar-refractivity contribution in [1.82, 2.24) is 9.97 Å². The van der Waals surface area contributed by atoms with Crippen molar-refractivity contribution in [3.05, 3.63) is 56.4 Å². The zero-order valence-electron chi connectivity index (χ0n) is 16.8. The highest BCUT2D eigenvalue weighted by atomic mass is 32.1. The number of carbonyl (C=O) groups is 1. The van der Waals surface area contributed by atoms with Gasteiger partial charge in [0.15, 0.2) is 5.82 Å². The molecule has 2 N–H and O–H groups in total.